The summed E-state index contributed by atoms with van der Waals surface area (Å²) < 4.78 is 9.87. The third kappa shape index (κ3) is 5.29. The maximum Gasteiger partial charge on any atom is 0.328 e. The van der Waals surface area contributed by atoms with Crippen molar-refractivity contribution in [3.05, 3.63) is 24.3 Å². The quantitative estimate of drug-likeness (QED) is 0.584. The zero-order valence-electron chi connectivity index (χ0n) is 11.0. The van der Waals surface area contributed by atoms with E-state index in [-0.39, 0.29) is 18.9 Å². The van der Waals surface area contributed by atoms with E-state index in [2.05, 4.69) is 10.1 Å². The molecule has 6 heteroatoms. The van der Waals surface area contributed by atoms with Gasteiger partial charge in [0, 0.05) is 5.69 Å². The number of nitrogens with two attached hydrogens (primary N) is 1. The highest BCUT2D eigenvalue weighted by Crippen LogP contribution is 2.13. The maximum atomic E-state index is 11.5. The second-order valence-corrected chi connectivity index (χ2v) is 3.98. The highest BCUT2D eigenvalue weighted by molar-refractivity contribution is 5.84. The summed E-state index contributed by atoms with van der Waals surface area (Å²) >= 11 is 0. The number of hydrogen-bond acceptors (Lipinski definition) is 5. The van der Waals surface area contributed by atoms with Crippen LogP contribution in [0.25, 0.3) is 0 Å². The molecule has 0 spiro atoms. The molecular weight excluding hydrogens is 248 g/mol. The van der Waals surface area contributed by atoms with Crippen molar-refractivity contribution < 1.29 is 19.1 Å². The molecule has 0 saturated carbocycles. The van der Waals surface area contributed by atoms with Gasteiger partial charge >= 0.3 is 5.97 Å². The number of nitrogen functional groups attached to an aromatic ring is 1. The number of carbonyl (C=O) groups is 2. The first kappa shape index (κ1) is 14.8. The van der Waals surface area contributed by atoms with Crippen molar-refractivity contribution in [3.63, 3.8) is 0 Å². The zero-order valence-corrected chi connectivity index (χ0v) is 11.0. The number of benzene rings is 1. The first-order valence-corrected chi connectivity index (χ1v) is 5.88. The van der Waals surface area contributed by atoms with Gasteiger partial charge in [-0.2, -0.15) is 0 Å². The third-order valence-electron chi connectivity index (χ3n) is 2.41. The van der Waals surface area contributed by atoms with Gasteiger partial charge in [0.2, 0.25) is 5.91 Å². The van der Waals surface area contributed by atoms with Crippen molar-refractivity contribution >= 4 is 17.6 Å². The van der Waals surface area contributed by atoms with Gasteiger partial charge < -0.3 is 20.5 Å². The van der Waals surface area contributed by atoms with Gasteiger partial charge in [-0.3, -0.25) is 4.79 Å². The lowest BCUT2D eigenvalue weighted by Crippen LogP contribution is -2.39. The van der Waals surface area contributed by atoms with E-state index in [1.807, 2.05) is 0 Å². The molecule has 6 nitrogen and oxygen atoms in total. The van der Waals surface area contributed by atoms with Gasteiger partial charge in [0.1, 0.15) is 11.8 Å². The topological polar surface area (TPSA) is 90.6 Å². The molecule has 19 heavy (non-hydrogen) atoms. The summed E-state index contributed by atoms with van der Waals surface area (Å²) in [5.74, 6) is -0.107. The second-order valence-electron chi connectivity index (χ2n) is 3.98. The van der Waals surface area contributed by atoms with Crippen molar-refractivity contribution in [2.24, 2.45) is 0 Å². The first-order chi connectivity index (χ1) is 9.02. The summed E-state index contributed by atoms with van der Waals surface area (Å²) in [6.45, 7) is 1.79. The zero-order chi connectivity index (χ0) is 14.3. The van der Waals surface area contributed by atoms with E-state index in [0.717, 1.165) is 0 Å². The standard InChI is InChI=1S/C13H18N2O4/c1-9(13(17)18-2)15-12(16)7-8-19-11-5-3-10(14)4-6-11/h3-6,9H,7-8,14H2,1-2H3,(H,15,16). The van der Waals surface area contributed by atoms with Crippen LogP contribution in [-0.2, 0) is 14.3 Å². The SMILES string of the molecule is COC(=O)C(C)NC(=O)CCOc1ccc(N)cc1. The smallest absolute Gasteiger partial charge is 0.328 e. The van der Waals surface area contributed by atoms with Gasteiger partial charge in [-0.25, -0.2) is 4.79 Å². The molecule has 1 atom stereocenters. The molecule has 1 amide bonds. The Labute approximate surface area is 111 Å². The molecule has 0 fully saturated rings. The van der Waals surface area contributed by atoms with Crippen molar-refractivity contribution in [2.75, 3.05) is 19.5 Å². The maximum absolute atomic E-state index is 11.5. The number of esters is 1. The summed E-state index contributed by atoms with van der Waals surface area (Å²) in [4.78, 5) is 22.6. The summed E-state index contributed by atoms with van der Waals surface area (Å²) in [6.07, 6.45) is 0.158. The fraction of sp³-hybridized carbons (Fsp3) is 0.385. The molecule has 3 N–H and O–H groups in total. The van der Waals surface area contributed by atoms with Gasteiger partial charge in [-0.15, -0.1) is 0 Å². The van der Waals surface area contributed by atoms with E-state index < -0.39 is 12.0 Å². The molecular formula is C13H18N2O4. The molecule has 1 rings (SSSR count). The van der Waals surface area contributed by atoms with Crippen LogP contribution in [0.4, 0.5) is 5.69 Å². The molecule has 0 aliphatic heterocycles. The summed E-state index contributed by atoms with van der Waals surface area (Å²) in [5.41, 5.74) is 6.19. The summed E-state index contributed by atoms with van der Waals surface area (Å²) in [5, 5.41) is 2.51. The van der Waals surface area contributed by atoms with Gasteiger partial charge in [-0.05, 0) is 31.2 Å². The van der Waals surface area contributed by atoms with E-state index in [4.69, 9.17) is 10.5 Å². The Morgan fingerprint density at radius 3 is 2.53 bits per heavy atom. The first-order valence-electron chi connectivity index (χ1n) is 5.88. The number of ether oxygens (including phenoxy) is 2. The molecule has 0 aromatic heterocycles. The van der Waals surface area contributed by atoms with Crippen molar-refractivity contribution in [1.29, 1.82) is 0 Å². The van der Waals surface area contributed by atoms with Crippen LogP contribution in [0.1, 0.15) is 13.3 Å². The lowest BCUT2D eigenvalue weighted by Gasteiger charge is -2.11. The summed E-state index contributed by atoms with van der Waals surface area (Å²) in [7, 11) is 1.27. The molecule has 0 radical (unpaired) electrons. The Hall–Kier alpha value is -2.24. The molecule has 1 aromatic carbocycles. The molecule has 0 aliphatic rings. The average Bonchev–Trinajstić information content (AvgIpc) is 2.40. The minimum atomic E-state index is -0.658. The third-order valence-corrected chi connectivity index (χ3v) is 2.41. The highest BCUT2D eigenvalue weighted by atomic mass is 16.5. The van der Waals surface area contributed by atoms with Gasteiger partial charge in [0.15, 0.2) is 0 Å². The number of methoxy groups -OCH3 is 1. The molecule has 1 aromatic rings. The van der Waals surface area contributed by atoms with E-state index >= 15 is 0 Å². The second kappa shape index (κ2) is 7.25. The Kier molecular flexibility index (Phi) is 5.66. The minimum absolute atomic E-state index is 0.158. The minimum Gasteiger partial charge on any atom is -0.493 e. The van der Waals surface area contributed by atoms with Crippen LogP contribution in [0.3, 0.4) is 0 Å². The fourth-order valence-electron chi connectivity index (χ4n) is 1.37. The average molecular weight is 266 g/mol. The van der Waals surface area contributed by atoms with Crippen molar-refractivity contribution in [2.45, 2.75) is 19.4 Å². The van der Waals surface area contributed by atoms with Crippen LogP contribution in [0, 0.1) is 0 Å². The molecule has 1 unspecified atom stereocenters. The van der Waals surface area contributed by atoms with E-state index in [1.54, 1.807) is 31.2 Å². The Morgan fingerprint density at radius 2 is 1.95 bits per heavy atom. The Balaban J connectivity index is 2.27. The van der Waals surface area contributed by atoms with E-state index in [0.29, 0.717) is 11.4 Å². The summed E-state index contributed by atoms with van der Waals surface area (Å²) in [6, 6.07) is 6.23. The Morgan fingerprint density at radius 1 is 1.32 bits per heavy atom. The highest BCUT2D eigenvalue weighted by Gasteiger charge is 2.15. The fourth-order valence-corrected chi connectivity index (χ4v) is 1.37. The van der Waals surface area contributed by atoms with Crippen LogP contribution in [0.2, 0.25) is 0 Å². The normalized spacial score (nSPS) is 11.5. The predicted molar refractivity (Wildman–Crippen MR) is 70.6 cm³/mol. The number of carbonyl (C=O) groups excluding carboxylic acids is 2. The lowest BCUT2D eigenvalue weighted by molar-refractivity contribution is -0.144. The van der Waals surface area contributed by atoms with Gasteiger partial charge in [0.05, 0.1) is 20.1 Å². The molecule has 0 aliphatic carbocycles. The van der Waals surface area contributed by atoms with Crippen molar-refractivity contribution in [3.8, 4) is 5.75 Å². The van der Waals surface area contributed by atoms with Crippen molar-refractivity contribution in [1.82, 2.24) is 5.32 Å². The van der Waals surface area contributed by atoms with E-state index in [1.165, 1.54) is 7.11 Å². The molecule has 0 heterocycles. The van der Waals surface area contributed by atoms with Crippen LogP contribution >= 0.6 is 0 Å². The molecule has 0 saturated heterocycles. The molecule has 0 bridgehead atoms. The number of amides is 1. The van der Waals surface area contributed by atoms with Gasteiger partial charge in [0.25, 0.3) is 0 Å². The van der Waals surface area contributed by atoms with Crippen LogP contribution < -0.4 is 15.8 Å². The Bertz CT molecular complexity index is 431. The van der Waals surface area contributed by atoms with Crippen LogP contribution in [0.15, 0.2) is 24.3 Å². The largest absolute Gasteiger partial charge is 0.493 e. The predicted octanol–water partition coefficient (Wildman–Crippen LogP) is 0.715. The number of anilines is 1. The number of hydrogen-bond donors (Lipinski definition) is 2. The number of rotatable bonds is 6. The number of nitrogens with one attached hydrogen (secondary N) is 1. The van der Waals surface area contributed by atoms with Crippen LogP contribution in [-0.4, -0.2) is 31.6 Å². The van der Waals surface area contributed by atoms with E-state index in [9.17, 15) is 9.59 Å². The monoisotopic (exact) mass is 266 g/mol. The van der Waals surface area contributed by atoms with Crippen LogP contribution in [0.5, 0.6) is 5.75 Å². The van der Waals surface area contributed by atoms with Gasteiger partial charge in [-0.1, -0.05) is 0 Å². The lowest BCUT2D eigenvalue weighted by atomic mass is 10.3. The molecule has 104 valence electrons.